The molecule has 1 amide bonds. The van der Waals surface area contributed by atoms with Crippen LogP contribution < -0.4 is 0 Å². The third kappa shape index (κ3) is 4.53. The molecule has 5 nitrogen and oxygen atoms in total. The molecule has 8 heteroatoms. The zero-order valence-corrected chi connectivity index (χ0v) is 22.5. The minimum atomic E-state index is -0.269. The number of hydrogen-bond donors (Lipinski definition) is 0. The van der Waals surface area contributed by atoms with Gasteiger partial charge >= 0.3 is 0 Å². The van der Waals surface area contributed by atoms with E-state index < -0.39 is 0 Å². The normalized spacial score (nSPS) is 21.0. The number of fused-ring (bicyclic) bond motifs is 1. The van der Waals surface area contributed by atoms with Crippen molar-refractivity contribution in [1.29, 1.82) is 0 Å². The van der Waals surface area contributed by atoms with Gasteiger partial charge in [0.2, 0.25) is 0 Å². The van der Waals surface area contributed by atoms with Crippen molar-refractivity contribution in [2.45, 2.75) is 38.8 Å². The highest BCUT2D eigenvalue weighted by atomic mass is 79.9. The fraction of sp³-hybridized carbons (Fsp3) is 0.269. The number of allylic oxidation sites excluding steroid dienone is 1. The second-order valence-electron chi connectivity index (χ2n) is 8.53. The van der Waals surface area contributed by atoms with Crippen molar-refractivity contribution in [2.75, 3.05) is 0 Å². The fourth-order valence-electron chi connectivity index (χ4n) is 4.73. The van der Waals surface area contributed by atoms with E-state index in [9.17, 15) is 4.79 Å². The molecular formula is C26H23Br2ClN4O. The Hall–Kier alpha value is -2.22. The van der Waals surface area contributed by atoms with E-state index in [0.717, 1.165) is 45.0 Å². The molecule has 3 aromatic rings. The summed E-state index contributed by atoms with van der Waals surface area (Å²) in [6.07, 6.45) is 6.84. The lowest BCUT2D eigenvalue weighted by atomic mass is 9.77. The van der Waals surface area contributed by atoms with Gasteiger partial charge in [-0.15, -0.1) is 0 Å². The lowest BCUT2D eigenvalue weighted by Gasteiger charge is -2.29. The number of amides is 1. The van der Waals surface area contributed by atoms with Crippen molar-refractivity contribution in [1.82, 2.24) is 14.8 Å². The molecule has 1 aliphatic carbocycles. The van der Waals surface area contributed by atoms with Crippen LogP contribution in [0.2, 0.25) is 5.02 Å². The van der Waals surface area contributed by atoms with Gasteiger partial charge in [-0.25, -0.2) is 5.01 Å². The second-order valence-corrected chi connectivity index (χ2v) is 10.8. The first kappa shape index (κ1) is 23.5. The first-order valence-electron chi connectivity index (χ1n) is 11.3. The fourth-order valence-corrected chi connectivity index (χ4v) is 5.49. The minimum absolute atomic E-state index is 0.118. The molecule has 0 spiro atoms. The number of hydrazone groups is 1. The number of aromatic nitrogens is 2. The van der Waals surface area contributed by atoms with Crippen LogP contribution in [-0.4, -0.2) is 26.4 Å². The molecule has 2 unspecified atom stereocenters. The van der Waals surface area contributed by atoms with Gasteiger partial charge < -0.3 is 0 Å². The first-order valence-corrected chi connectivity index (χ1v) is 13.3. The molecule has 2 aromatic carbocycles. The minimum Gasteiger partial charge on any atom is -0.271 e. The number of nitrogens with zero attached hydrogens (tertiary/aromatic N) is 4. The number of aryl methyl sites for hydroxylation is 1. The summed E-state index contributed by atoms with van der Waals surface area (Å²) in [5.74, 6) is -0.150. The molecule has 1 fully saturated rings. The van der Waals surface area contributed by atoms with Crippen molar-refractivity contribution in [2.24, 2.45) is 11.0 Å². The van der Waals surface area contributed by atoms with Crippen LogP contribution in [0.15, 0.2) is 74.3 Å². The van der Waals surface area contributed by atoms with Crippen LogP contribution >= 0.6 is 43.5 Å². The standard InChI is InChI=1S/C26H23Br2ClN4O/c1-2-32-15-22(29)24(30-32)26(34)33-25(17-8-12-20(28)13-9-17)21-5-3-4-18(23(21)31-33)14-16-6-10-19(27)11-7-16/h6-15,21,25H,2-5H2,1H3/b18-14-. The van der Waals surface area contributed by atoms with Crippen LogP contribution in [0.1, 0.15) is 53.8 Å². The molecule has 0 N–H and O–H groups in total. The van der Waals surface area contributed by atoms with Crippen LogP contribution in [0.25, 0.3) is 6.08 Å². The molecule has 0 radical (unpaired) electrons. The van der Waals surface area contributed by atoms with E-state index in [4.69, 9.17) is 16.7 Å². The van der Waals surface area contributed by atoms with Crippen molar-refractivity contribution in [3.8, 4) is 0 Å². The van der Waals surface area contributed by atoms with Crippen molar-refractivity contribution >= 4 is 61.2 Å². The van der Waals surface area contributed by atoms with Crippen LogP contribution in [0.5, 0.6) is 0 Å². The van der Waals surface area contributed by atoms with Crippen LogP contribution in [0.4, 0.5) is 0 Å². The Morgan fingerprint density at radius 2 is 1.79 bits per heavy atom. The van der Waals surface area contributed by atoms with E-state index in [1.54, 1.807) is 15.9 Å². The second kappa shape index (κ2) is 9.80. The third-order valence-corrected chi connectivity index (χ3v) is 7.71. The monoisotopic (exact) mass is 600 g/mol. The highest BCUT2D eigenvalue weighted by Gasteiger charge is 2.44. The van der Waals surface area contributed by atoms with Gasteiger partial charge in [-0.2, -0.15) is 10.2 Å². The lowest BCUT2D eigenvalue weighted by Crippen LogP contribution is -2.32. The molecule has 2 atom stereocenters. The summed E-state index contributed by atoms with van der Waals surface area (Å²) >= 11 is 13.4. The Balaban J connectivity index is 1.58. The van der Waals surface area contributed by atoms with Gasteiger partial charge in [-0.1, -0.05) is 67.7 Å². The third-order valence-electron chi connectivity index (χ3n) is 6.38. The summed E-state index contributed by atoms with van der Waals surface area (Å²) in [7, 11) is 0. The van der Waals surface area contributed by atoms with E-state index in [2.05, 4.69) is 67.3 Å². The quantitative estimate of drug-likeness (QED) is 0.310. The SMILES string of the molecule is CCn1cc(Cl)c(C(=O)N2N=C3/C(=C\c4ccc(Br)cc4)CCCC3C2c2ccc(Br)cc2)n1. The topological polar surface area (TPSA) is 50.5 Å². The van der Waals surface area contributed by atoms with E-state index >= 15 is 0 Å². The molecule has 0 saturated heterocycles. The molecule has 1 aliphatic heterocycles. The molecule has 2 aliphatic rings. The maximum Gasteiger partial charge on any atom is 0.296 e. The van der Waals surface area contributed by atoms with Crippen LogP contribution in [0.3, 0.4) is 0 Å². The summed E-state index contributed by atoms with van der Waals surface area (Å²) in [6, 6.07) is 16.2. The Morgan fingerprint density at radius 3 is 2.44 bits per heavy atom. The molecule has 174 valence electrons. The van der Waals surface area contributed by atoms with Crippen molar-refractivity contribution in [3.05, 3.63) is 91.1 Å². The number of carbonyl (C=O) groups is 1. The smallest absolute Gasteiger partial charge is 0.271 e. The van der Waals surface area contributed by atoms with E-state index in [1.165, 1.54) is 5.57 Å². The predicted octanol–water partition coefficient (Wildman–Crippen LogP) is 7.52. The molecule has 5 rings (SSSR count). The first-order chi connectivity index (χ1) is 16.4. The van der Waals surface area contributed by atoms with E-state index in [0.29, 0.717) is 11.6 Å². The lowest BCUT2D eigenvalue weighted by molar-refractivity contribution is 0.0674. The molecular weight excluding hydrogens is 580 g/mol. The zero-order chi connectivity index (χ0) is 23.8. The van der Waals surface area contributed by atoms with Gasteiger partial charge in [0, 0.05) is 27.6 Å². The predicted molar refractivity (Wildman–Crippen MR) is 143 cm³/mol. The average Bonchev–Trinajstić information content (AvgIpc) is 3.42. The zero-order valence-electron chi connectivity index (χ0n) is 18.6. The summed E-state index contributed by atoms with van der Waals surface area (Å²) < 4.78 is 3.72. The van der Waals surface area contributed by atoms with Crippen LogP contribution in [0, 0.1) is 5.92 Å². The van der Waals surface area contributed by atoms with E-state index in [-0.39, 0.29) is 23.6 Å². The molecule has 0 bridgehead atoms. The number of benzene rings is 2. The molecule has 34 heavy (non-hydrogen) atoms. The Kier molecular flexibility index (Phi) is 6.78. The Labute approximate surface area is 220 Å². The average molecular weight is 603 g/mol. The molecule has 1 saturated carbocycles. The summed E-state index contributed by atoms with van der Waals surface area (Å²) in [4.78, 5) is 13.7. The maximum absolute atomic E-state index is 13.7. The van der Waals surface area contributed by atoms with Gasteiger partial charge in [-0.05, 0) is 73.2 Å². The van der Waals surface area contributed by atoms with Gasteiger partial charge in [0.25, 0.3) is 5.91 Å². The summed E-state index contributed by atoms with van der Waals surface area (Å²) in [5.41, 5.74) is 4.59. The number of hydrogen-bond acceptors (Lipinski definition) is 3. The van der Waals surface area contributed by atoms with Gasteiger partial charge in [0.05, 0.1) is 16.8 Å². The van der Waals surface area contributed by atoms with Crippen molar-refractivity contribution in [3.63, 3.8) is 0 Å². The Bertz CT molecular complexity index is 1280. The number of rotatable bonds is 4. The summed E-state index contributed by atoms with van der Waals surface area (Å²) in [6.45, 7) is 2.60. The Morgan fingerprint density at radius 1 is 1.12 bits per heavy atom. The van der Waals surface area contributed by atoms with Gasteiger partial charge in [-0.3, -0.25) is 9.48 Å². The number of halogens is 3. The summed E-state index contributed by atoms with van der Waals surface area (Å²) in [5, 5.41) is 11.3. The maximum atomic E-state index is 13.7. The molecule has 2 heterocycles. The largest absolute Gasteiger partial charge is 0.296 e. The van der Waals surface area contributed by atoms with Gasteiger partial charge in [0.15, 0.2) is 5.69 Å². The van der Waals surface area contributed by atoms with E-state index in [1.807, 2.05) is 31.2 Å². The van der Waals surface area contributed by atoms with Crippen LogP contribution in [-0.2, 0) is 6.54 Å². The highest BCUT2D eigenvalue weighted by Crippen LogP contribution is 2.45. The highest BCUT2D eigenvalue weighted by molar-refractivity contribution is 9.10. The van der Waals surface area contributed by atoms with Crippen molar-refractivity contribution < 1.29 is 4.79 Å². The van der Waals surface area contributed by atoms with Gasteiger partial charge in [0.1, 0.15) is 0 Å². The molecule has 1 aromatic heterocycles. The number of carbonyl (C=O) groups excluding carboxylic acids is 1.